The second-order valence-electron chi connectivity index (χ2n) is 10.0. The fourth-order valence-corrected chi connectivity index (χ4v) is 6.63. The maximum absolute atomic E-state index is 5.51. The van der Waals surface area contributed by atoms with Crippen molar-refractivity contribution in [3.05, 3.63) is 121 Å². The highest BCUT2D eigenvalue weighted by atomic mass is 32.1. The molecule has 0 aliphatic heterocycles. The van der Waals surface area contributed by atoms with Gasteiger partial charge in [0, 0.05) is 53.8 Å². The van der Waals surface area contributed by atoms with E-state index < -0.39 is 0 Å². The molecular formula is C36H23N3OS. The van der Waals surface area contributed by atoms with Crippen LogP contribution in [0, 0.1) is 0 Å². The third kappa shape index (κ3) is 4.01. The number of nitrogens with zero attached hydrogens (tertiary/aromatic N) is 3. The molecule has 4 heterocycles. The molecule has 0 radical (unpaired) electrons. The van der Waals surface area contributed by atoms with Crippen molar-refractivity contribution in [2.75, 3.05) is 7.11 Å². The molecule has 0 saturated carbocycles. The van der Waals surface area contributed by atoms with E-state index in [2.05, 4.69) is 91.0 Å². The summed E-state index contributed by atoms with van der Waals surface area (Å²) in [5, 5.41) is 4.49. The molecule has 0 aliphatic carbocycles. The van der Waals surface area contributed by atoms with Crippen molar-refractivity contribution in [1.29, 1.82) is 0 Å². The summed E-state index contributed by atoms with van der Waals surface area (Å²) < 4.78 is 7.95. The Morgan fingerprint density at radius 1 is 0.585 bits per heavy atom. The Balaban J connectivity index is 1.22. The minimum absolute atomic E-state index is 0.850. The van der Waals surface area contributed by atoms with Crippen LogP contribution in [0.4, 0.5) is 0 Å². The van der Waals surface area contributed by atoms with Crippen molar-refractivity contribution in [3.8, 4) is 39.5 Å². The molecule has 41 heavy (non-hydrogen) atoms. The first-order valence-electron chi connectivity index (χ1n) is 13.5. The number of benzene rings is 4. The summed E-state index contributed by atoms with van der Waals surface area (Å²) in [4.78, 5) is 15.0. The Hall–Kier alpha value is -5.13. The molecular weight excluding hydrogens is 522 g/mol. The number of rotatable bonds is 4. The van der Waals surface area contributed by atoms with Crippen LogP contribution in [0.2, 0.25) is 0 Å². The predicted molar refractivity (Wildman–Crippen MR) is 171 cm³/mol. The second-order valence-corrected chi connectivity index (χ2v) is 11.1. The molecule has 0 bridgehead atoms. The van der Waals surface area contributed by atoms with E-state index in [9.17, 15) is 0 Å². The molecule has 0 spiro atoms. The second kappa shape index (κ2) is 9.51. The Labute approximate surface area is 240 Å². The zero-order valence-corrected chi connectivity index (χ0v) is 23.0. The fourth-order valence-electron chi connectivity index (χ4n) is 5.54. The third-order valence-electron chi connectivity index (χ3n) is 7.63. The molecule has 0 saturated heterocycles. The van der Waals surface area contributed by atoms with Crippen LogP contribution >= 0.6 is 11.3 Å². The smallest absolute Gasteiger partial charge is 0.119 e. The summed E-state index contributed by atoms with van der Waals surface area (Å²) in [6.45, 7) is 0. The van der Waals surface area contributed by atoms with Crippen LogP contribution in [0.3, 0.4) is 0 Å². The monoisotopic (exact) mass is 545 g/mol. The van der Waals surface area contributed by atoms with Crippen LogP contribution in [-0.4, -0.2) is 22.1 Å². The Morgan fingerprint density at radius 2 is 1.22 bits per heavy atom. The topological polar surface area (TPSA) is 47.9 Å². The Bertz CT molecular complexity index is 2240. The van der Waals surface area contributed by atoms with Gasteiger partial charge in [0.1, 0.15) is 5.75 Å². The number of hydrogen-bond acceptors (Lipinski definition) is 5. The normalized spacial score (nSPS) is 11.5. The van der Waals surface area contributed by atoms with Crippen molar-refractivity contribution in [2.24, 2.45) is 0 Å². The van der Waals surface area contributed by atoms with Crippen molar-refractivity contribution >= 4 is 53.3 Å². The molecule has 8 aromatic rings. The number of hydrogen-bond donors (Lipinski definition) is 0. The van der Waals surface area contributed by atoms with E-state index in [1.807, 2.05) is 30.5 Å². The minimum atomic E-state index is 0.850. The highest BCUT2D eigenvalue weighted by molar-refractivity contribution is 7.25. The fraction of sp³-hybridized carbons (Fsp3) is 0.0278. The zero-order valence-electron chi connectivity index (χ0n) is 22.2. The molecule has 5 heteroatoms. The van der Waals surface area contributed by atoms with Gasteiger partial charge in [-0.1, -0.05) is 78.9 Å². The lowest BCUT2D eigenvalue weighted by molar-refractivity contribution is 0.415. The van der Waals surface area contributed by atoms with E-state index in [4.69, 9.17) is 19.7 Å². The molecule has 0 fully saturated rings. The van der Waals surface area contributed by atoms with Crippen molar-refractivity contribution in [2.45, 2.75) is 0 Å². The predicted octanol–water partition coefficient (Wildman–Crippen LogP) is 9.56. The van der Waals surface area contributed by atoms with E-state index in [-0.39, 0.29) is 0 Å². The SMILES string of the molecule is COc1ccc2sc3ccnc(-c4ccc(-c5ccc6ccc7ccc(-c8ccccc8)nc7c6n5)cc4)c3c2c1. The molecule has 0 atom stereocenters. The first-order valence-corrected chi connectivity index (χ1v) is 14.3. The summed E-state index contributed by atoms with van der Waals surface area (Å²) in [7, 11) is 1.70. The summed E-state index contributed by atoms with van der Waals surface area (Å²) >= 11 is 1.78. The average Bonchev–Trinajstić information content (AvgIpc) is 3.43. The van der Waals surface area contributed by atoms with E-state index in [1.165, 1.54) is 14.8 Å². The Kier molecular flexibility index (Phi) is 5.50. The maximum atomic E-state index is 5.51. The highest BCUT2D eigenvalue weighted by Crippen LogP contribution is 2.40. The molecule has 0 amide bonds. The number of fused-ring (bicyclic) bond motifs is 6. The van der Waals surface area contributed by atoms with Gasteiger partial charge in [0.05, 0.1) is 35.2 Å². The number of aromatic nitrogens is 3. The molecule has 4 nitrogen and oxygen atoms in total. The third-order valence-corrected chi connectivity index (χ3v) is 8.77. The minimum Gasteiger partial charge on any atom is -0.497 e. The van der Waals surface area contributed by atoms with Gasteiger partial charge in [-0.2, -0.15) is 0 Å². The van der Waals surface area contributed by atoms with E-state index >= 15 is 0 Å². The van der Waals surface area contributed by atoms with Crippen molar-refractivity contribution in [3.63, 3.8) is 0 Å². The molecule has 4 aromatic carbocycles. The summed E-state index contributed by atoms with van der Waals surface area (Å²) in [5.74, 6) is 0.850. The van der Waals surface area contributed by atoms with Crippen LogP contribution < -0.4 is 4.74 Å². The van der Waals surface area contributed by atoms with E-state index in [1.54, 1.807) is 18.4 Å². The molecule has 0 N–H and O–H groups in total. The van der Waals surface area contributed by atoms with Gasteiger partial charge in [-0.3, -0.25) is 4.98 Å². The van der Waals surface area contributed by atoms with E-state index in [0.29, 0.717) is 0 Å². The first kappa shape index (κ1) is 23.7. The summed E-state index contributed by atoms with van der Waals surface area (Å²) in [6.07, 6.45) is 1.89. The lowest BCUT2D eigenvalue weighted by atomic mass is 10.0. The van der Waals surface area contributed by atoms with Gasteiger partial charge in [0.2, 0.25) is 0 Å². The Morgan fingerprint density at radius 3 is 1.90 bits per heavy atom. The van der Waals surface area contributed by atoms with Gasteiger partial charge in [-0.15, -0.1) is 11.3 Å². The largest absolute Gasteiger partial charge is 0.497 e. The van der Waals surface area contributed by atoms with Crippen molar-refractivity contribution in [1.82, 2.24) is 15.0 Å². The van der Waals surface area contributed by atoms with Gasteiger partial charge in [0.25, 0.3) is 0 Å². The molecule has 194 valence electrons. The highest BCUT2D eigenvalue weighted by Gasteiger charge is 2.14. The lowest BCUT2D eigenvalue weighted by Crippen LogP contribution is -1.91. The molecule has 0 aliphatic rings. The molecule has 0 unspecified atom stereocenters. The number of pyridine rings is 3. The summed E-state index contributed by atoms with van der Waals surface area (Å²) in [6, 6.07) is 39.8. The van der Waals surface area contributed by atoms with Crippen LogP contribution in [0.1, 0.15) is 0 Å². The number of ether oxygens (including phenoxy) is 1. The van der Waals surface area contributed by atoms with Gasteiger partial charge < -0.3 is 4.74 Å². The van der Waals surface area contributed by atoms with Crippen LogP contribution in [0.15, 0.2) is 121 Å². The molecule has 4 aromatic heterocycles. The maximum Gasteiger partial charge on any atom is 0.119 e. The summed E-state index contributed by atoms with van der Waals surface area (Å²) in [5.41, 5.74) is 7.88. The standard InChI is InChI=1S/C36H23N3OS/c1-40-27-15-18-31-28(21-27)33-32(41-31)19-20-37-34(33)24-9-7-23(8-10-24)30-17-14-26-12-11-25-13-16-29(22-5-3-2-4-6-22)38-35(25)36(26)39-30/h2-21H,1H3. The van der Waals surface area contributed by atoms with Crippen molar-refractivity contribution < 1.29 is 4.74 Å². The van der Waals surface area contributed by atoms with Gasteiger partial charge >= 0.3 is 0 Å². The van der Waals surface area contributed by atoms with Crippen LogP contribution in [0.25, 0.3) is 75.8 Å². The van der Waals surface area contributed by atoms with Crippen LogP contribution in [0.5, 0.6) is 5.75 Å². The number of methoxy groups -OCH3 is 1. The van der Waals surface area contributed by atoms with Gasteiger partial charge in [-0.25, -0.2) is 9.97 Å². The molecule has 8 rings (SSSR count). The average molecular weight is 546 g/mol. The number of thiophene rings is 1. The van der Waals surface area contributed by atoms with Gasteiger partial charge in [-0.05, 0) is 36.4 Å². The zero-order chi connectivity index (χ0) is 27.3. The quantitative estimate of drug-likeness (QED) is 0.207. The van der Waals surface area contributed by atoms with E-state index in [0.717, 1.165) is 66.7 Å². The lowest BCUT2D eigenvalue weighted by Gasteiger charge is -2.09. The van der Waals surface area contributed by atoms with Gasteiger partial charge in [0.15, 0.2) is 0 Å². The first-order chi connectivity index (χ1) is 20.2. The van der Waals surface area contributed by atoms with Crippen LogP contribution in [-0.2, 0) is 0 Å².